The fourth-order valence-corrected chi connectivity index (χ4v) is 3.30. The summed E-state index contributed by atoms with van der Waals surface area (Å²) in [6.07, 6.45) is 2.57. The van der Waals surface area contributed by atoms with E-state index in [0.717, 1.165) is 22.9 Å². The molecule has 0 bridgehead atoms. The number of benzene rings is 1. The average Bonchev–Trinajstić information content (AvgIpc) is 2.78. The van der Waals surface area contributed by atoms with E-state index >= 15 is 0 Å². The number of carbonyl (C=O) groups is 2. The quantitative estimate of drug-likeness (QED) is 0.800. The normalized spacial score (nSPS) is 18.9. The number of thioether (sulfide) groups is 2. The summed E-state index contributed by atoms with van der Waals surface area (Å²) in [4.78, 5) is 26.0. The smallest absolute Gasteiger partial charge is 0.227 e. The molecule has 1 unspecified atom stereocenters. The van der Waals surface area contributed by atoms with Gasteiger partial charge in [-0.05, 0) is 30.4 Å². The van der Waals surface area contributed by atoms with Crippen molar-refractivity contribution in [3.05, 3.63) is 24.3 Å². The van der Waals surface area contributed by atoms with Crippen LogP contribution in [-0.2, 0) is 9.59 Å². The van der Waals surface area contributed by atoms with Gasteiger partial charge in [0.1, 0.15) is 0 Å². The van der Waals surface area contributed by atoms with Crippen LogP contribution in [0.2, 0.25) is 0 Å². The van der Waals surface area contributed by atoms with E-state index in [4.69, 9.17) is 0 Å². The molecule has 0 aromatic heterocycles. The minimum absolute atomic E-state index is 0.121. The highest BCUT2D eigenvalue weighted by atomic mass is 32.2. The van der Waals surface area contributed by atoms with Crippen molar-refractivity contribution in [2.24, 2.45) is 5.92 Å². The first-order valence-electron chi connectivity index (χ1n) is 6.18. The third-order valence-electron chi connectivity index (χ3n) is 3.09. The third kappa shape index (κ3) is 3.76. The molecule has 1 heterocycles. The maximum Gasteiger partial charge on any atom is 0.227 e. The minimum atomic E-state index is 0.121. The van der Waals surface area contributed by atoms with Gasteiger partial charge in [-0.1, -0.05) is 17.8 Å². The highest BCUT2D eigenvalue weighted by Gasteiger charge is 2.30. The molecule has 3 nitrogen and oxygen atoms in total. The van der Waals surface area contributed by atoms with Crippen LogP contribution in [0.5, 0.6) is 0 Å². The van der Waals surface area contributed by atoms with Crippen LogP contribution in [0, 0.1) is 5.92 Å². The Balaban J connectivity index is 2.04. The number of anilines is 1. The van der Waals surface area contributed by atoms with Gasteiger partial charge >= 0.3 is 0 Å². The lowest BCUT2D eigenvalue weighted by atomic mass is 10.1. The molecule has 0 aliphatic carbocycles. The summed E-state index contributed by atoms with van der Waals surface area (Å²) in [5.41, 5.74) is 0.965. The topological polar surface area (TPSA) is 37.4 Å². The van der Waals surface area contributed by atoms with Crippen LogP contribution in [-0.4, -0.2) is 29.6 Å². The molecule has 1 aliphatic heterocycles. The zero-order valence-electron chi connectivity index (χ0n) is 11.1. The van der Waals surface area contributed by atoms with Crippen LogP contribution in [0.3, 0.4) is 0 Å². The van der Waals surface area contributed by atoms with Gasteiger partial charge < -0.3 is 4.90 Å². The molecular formula is C14H17NO2S2. The Labute approximate surface area is 122 Å². The molecule has 1 aromatic carbocycles. The number of carbonyl (C=O) groups excluding carboxylic acids is 2. The van der Waals surface area contributed by atoms with E-state index in [1.807, 2.05) is 35.4 Å². The van der Waals surface area contributed by atoms with Crippen molar-refractivity contribution in [1.29, 1.82) is 0 Å². The predicted molar refractivity (Wildman–Crippen MR) is 81.8 cm³/mol. The first-order valence-corrected chi connectivity index (χ1v) is 8.39. The molecule has 1 aliphatic rings. The molecule has 1 aromatic rings. The number of hydrogen-bond acceptors (Lipinski definition) is 4. The van der Waals surface area contributed by atoms with Gasteiger partial charge in [0.15, 0.2) is 5.12 Å². The van der Waals surface area contributed by atoms with Gasteiger partial charge in [-0.2, -0.15) is 0 Å². The van der Waals surface area contributed by atoms with Gasteiger partial charge in [0.2, 0.25) is 5.91 Å². The monoisotopic (exact) mass is 295 g/mol. The standard InChI is InChI=1S/C14H17NO2S2/c1-10(16)19-9-11-6-14(17)15(8-11)12-4-3-5-13(7-12)18-2/h3-5,7,11H,6,8-9H2,1-2H3. The molecule has 1 atom stereocenters. The zero-order valence-corrected chi connectivity index (χ0v) is 12.7. The number of nitrogens with zero attached hydrogens (tertiary/aromatic N) is 1. The Morgan fingerprint density at radius 2 is 2.26 bits per heavy atom. The summed E-state index contributed by atoms with van der Waals surface area (Å²) in [7, 11) is 0. The average molecular weight is 295 g/mol. The van der Waals surface area contributed by atoms with Crippen molar-refractivity contribution >= 4 is 40.2 Å². The Morgan fingerprint density at radius 3 is 2.95 bits per heavy atom. The molecule has 1 amide bonds. The third-order valence-corrected chi connectivity index (χ3v) is 4.86. The fourth-order valence-electron chi connectivity index (χ4n) is 2.16. The minimum Gasteiger partial charge on any atom is -0.312 e. The van der Waals surface area contributed by atoms with E-state index in [1.54, 1.807) is 18.7 Å². The highest BCUT2D eigenvalue weighted by Crippen LogP contribution is 2.29. The first kappa shape index (κ1) is 14.5. The summed E-state index contributed by atoms with van der Waals surface area (Å²) in [5.74, 6) is 1.17. The number of rotatable bonds is 4. The van der Waals surface area contributed by atoms with Crippen LogP contribution < -0.4 is 4.90 Å². The summed E-state index contributed by atoms with van der Waals surface area (Å²) in [5, 5.41) is 0.121. The van der Waals surface area contributed by atoms with Crippen LogP contribution in [0.1, 0.15) is 13.3 Å². The molecule has 1 fully saturated rings. The van der Waals surface area contributed by atoms with Gasteiger partial charge in [0, 0.05) is 36.2 Å². The first-order chi connectivity index (χ1) is 9.10. The molecule has 5 heteroatoms. The van der Waals surface area contributed by atoms with E-state index in [0.29, 0.717) is 6.42 Å². The number of amides is 1. The molecule has 1 saturated heterocycles. The Hall–Kier alpha value is -0.940. The van der Waals surface area contributed by atoms with Gasteiger partial charge in [0.05, 0.1) is 0 Å². The molecule has 0 spiro atoms. The lowest BCUT2D eigenvalue weighted by molar-refractivity contribution is -0.117. The van der Waals surface area contributed by atoms with Gasteiger partial charge in [-0.3, -0.25) is 9.59 Å². The highest BCUT2D eigenvalue weighted by molar-refractivity contribution is 8.13. The fraction of sp³-hybridized carbons (Fsp3) is 0.429. The van der Waals surface area contributed by atoms with Crippen LogP contribution in [0.25, 0.3) is 0 Å². The SMILES string of the molecule is CSc1cccc(N2CC(CSC(C)=O)CC2=O)c1. The summed E-state index contributed by atoms with van der Waals surface area (Å²) >= 11 is 2.98. The largest absolute Gasteiger partial charge is 0.312 e. The van der Waals surface area contributed by atoms with Crippen LogP contribution in [0.15, 0.2) is 29.2 Å². The summed E-state index contributed by atoms with van der Waals surface area (Å²) in [6, 6.07) is 8.03. The zero-order chi connectivity index (χ0) is 13.8. The van der Waals surface area contributed by atoms with Crippen LogP contribution >= 0.6 is 23.5 Å². The van der Waals surface area contributed by atoms with E-state index in [2.05, 4.69) is 0 Å². The van der Waals surface area contributed by atoms with E-state index < -0.39 is 0 Å². The second-order valence-electron chi connectivity index (χ2n) is 4.58. The molecular weight excluding hydrogens is 278 g/mol. The molecule has 0 N–H and O–H groups in total. The number of hydrogen-bond donors (Lipinski definition) is 0. The maximum absolute atomic E-state index is 12.1. The van der Waals surface area contributed by atoms with Gasteiger partial charge in [-0.25, -0.2) is 0 Å². The van der Waals surface area contributed by atoms with Gasteiger partial charge in [0.25, 0.3) is 0 Å². The second-order valence-corrected chi connectivity index (χ2v) is 6.66. The Bertz CT molecular complexity index is 490. The van der Waals surface area contributed by atoms with Crippen molar-refractivity contribution in [1.82, 2.24) is 0 Å². The lowest BCUT2D eigenvalue weighted by Gasteiger charge is -2.17. The summed E-state index contributed by atoms with van der Waals surface area (Å²) < 4.78 is 0. The van der Waals surface area contributed by atoms with Crippen molar-refractivity contribution < 1.29 is 9.59 Å². The molecule has 2 rings (SSSR count). The lowest BCUT2D eigenvalue weighted by Crippen LogP contribution is -2.24. The second kappa shape index (κ2) is 6.48. The molecule has 0 saturated carbocycles. The Kier molecular flexibility index (Phi) is 4.93. The van der Waals surface area contributed by atoms with Gasteiger partial charge in [-0.15, -0.1) is 11.8 Å². The van der Waals surface area contributed by atoms with Crippen molar-refractivity contribution in [3.63, 3.8) is 0 Å². The molecule has 0 radical (unpaired) electrons. The predicted octanol–water partition coefficient (Wildman–Crippen LogP) is 3.04. The Morgan fingerprint density at radius 1 is 1.47 bits per heavy atom. The van der Waals surface area contributed by atoms with E-state index in [9.17, 15) is 9.59 Å². The van der Waals surface area contributed by atoms with E-state index in [-0.39, 0.29) is 16.9 Å². The molecule has 102 valence electrons. The molecule has 19 heavy (non-hydrogen) atoms. The van der Waals surface area contributed by atoms with Crippen molar-refractivity contribution in [2.45, 2.75) is 18.2 Å². The summed E-state index contributed by atoms with van der Waals surface area (Å²) in [6.45, 7) is 2.29. The maximum atomic E-state index is 12.1. The van der Waals surface area contributed by atoms with E-state index in [1.165, 1.54) is 11.8 Å². The van der Waals surface area contributed by atoms with Crippen molar-refractivity contribution in [2.75, 3.05) is 23.5 Å². The van der Waals surface area contributed by atoms with Crippen molar-refractivity contribution in [3.8, 4) is 0 Å². The van der Waals surface area contributed by atoms with Crippen LogP contribution in [0.4, 0.5) is 5.69 Å².